The van der Waals surface area contributed by atoms with Crippen molar-refractivity contribution in [2.24, 2.45) is 5.92 Å². The minimum Gasteiger partial charge on any atom is -0.355 e. The minimum atomic E-state index is -3.59. The van der Waals surface area contributed by atoms with Gasteiger partial charge in [-0.25, -0.2) is 8.42 Å². The highest BCUT2D eigenvalue weighted by Gasteiger charge is 2.34. The number of carbonyl (C=O) groups is 1. The number of nitrogens with zero attached hydrogens (tertiary/aromatic N) is 1. The lowest BCUT2D eigenvalue weighted by molar-refractivity contribution is -0.126. The van der Waals surface area contributed by atoms with Crippen molar-refractivity contribution in [3.05, 3.63) is 64.2 Å². The fourth-order valence-electron chi connectivity index (χ4n) is 4.50. The van der Waals surface area contributed by atoms with Gasteiger partial charge in [0, 0.05) is 31.0 Å². The van der Waals surface area contributed by atoms with E-state index in [1.807, 2.05) is 52.0 Å². The van der Waals surface area contributed by atoms with E-state index in [9.17, 15) is 13.2 Å². The third-order valence-electron chi connectivity index (χ3n) is 6.98. The van der Waals surface area contributed by atoms with Crippen molar-refractivity contribution in [2.75, 3.05) is 19.6 Å². The lowest BCUT2D eigenvalue weighted by atomic mass is 9.84. The van der Waals surface area contributed by atoms with Crippen molar-refractivity contribution in [1.82, 2.24) is 9.62 Å². The molecular formula is C26H36N2O3S. The summed E-state index contributed by atoms with van der Waals surface area (Å²) in [6.45, 7) is 13.2. The summed E-state index contributed by atoms with van der Waals surface area (Å²) in [6.07, 6.45) is 1.08. The average Bonchev–Trinajstić information content (AvgIpc) is 2.77. The van der Waals surface area contributed by atoms with Crippen LogP contribution < -0.4 is 5.32 Å². The molecule has 3 rings (SSSR count). The molecule has 1 aliphatic rings. The quantitative estimate of drug-likeness (QED) is 0.700. The number of aryl methyl sites for hydroxylation is 2. The molecule has 0 aliphatic carbocycles. The lowest BCUT2D eigenvalue weighted by Crippen LogP contribution is -2.45. The Hall–Kier alpha value is -2.18. The predicted molar refractivity (Wildman–Crippen MR) is 129 cm³/mol. The summed E-state index contributed by atoms with van der Waals surface area (Å²) in [7, 11) is -3.59. The number of rotatable bonds is 6. The molecule has 1 aliphatic heterocycles. The van der Waals surface area contributed by atoms with Gasteiger partial charge in [-0.3, -0.25) is 4.79 Å². The fourth-order valence-corrected chi connectivity index (χ4v) is 6.54. The van der Waals surface area contributed by atoms with E-state index in [4.69, 9.17) is 0 Å². The van der Waals surface area contributed by atoms with Gasteiger partial charge in [-0.05, 0) is 68.4 Å². The van der Waals surface area contributed by atoms with Gasteiger partial charge in [-0.1, -0.05) is 50.2 Å². The van der Waals surface area contributed by atoms with Crippen molar-refractivity contribution in [2.45, 2.75) is 64.7 Å². The molecule has 2 aromatic rings. The second-order valence-electron chi connectivity index (χ2n) is 9.74. The van der Waals surface area contributed by atoms with Gasteiger partial charge in [0.2, 0.25) is 15.9 Å². The lowest BCUT2D eigenvalue weighted by Gasteiger charge is -2.33. The number of hydrogen-bond donors (Lipinski definition) is 1. The molecule has 1 saturated heterocycles. The second-order valence-corrected chi connectivity index (χ2v) is 11.6. The van der Waals surface area contributed by atoms with Crippen LogP contribution in [0.3, 0.4) is 0 Å². The van der Waals surface area contributed by atoms with Crippen LogP contribution in [0.15, 0.2) is 41.3 Å². The van der Waals surface area contributed by atoms with Crippen LogP contribution in [0.4, 0.5) is 0 Å². The molecule has 1 fully saturated rings. The van der Waals surface area contributed by atoms with E-state index in [-0.39, 0.29) is 17.2 Å². The first-order valence-electron chi connectivity index (χ1n) is 11.4. The standard InChI is InChI=1S/C26H36N2O3S/c1-18-16-19(2)21(4)24(20(18)3)32(30,31)28-14-12-22(13-15-28)25(29)27-17-26(5,6)23-10-8-7-9-11-23/h7-11,16,22H,12-15,17H2,1-6H3,(H,27,29). The van der Waals surface area contributed by atoms with Gasteiger partial charge < -0.3 is 5.32 Å². The first-order chi connectivity index (χ1) is 14.9. The zero-order valence-corrected chi connectivity index (χ0v) is 21.0. The zero-order chi connectivity index (χ0) is 23.7. The molecule has 1 amide bonds. The van der Waals surface area contributed by atoms with Gasteiger partial charge in [-0.15, -0.1) is 0 Å². The SMILES string of the molecule is Cc1cc(C)c(C)c(S(=O)(=O)N2CCC(C(=O)NCC(C)(C)c3ccccc3)CC2)c1C. The van der Waals surface area contributed by atoms with E-state index in [1.165, 1.54) is 5.56 Å². The normalized spacial score (nSPS) is 16.2. The van der Waals surface area contributed by atoms with Crippen molar-refractivity contribution in [1.29, 1.82) is 0 Å². The summed E-state index contributed by atoms with van der Waals surface area (Å²) in [4.78, 5) is 13.3. The van der Waals surface area contributed by atoms with Crippen LogP contribution in [-0.2, 0) is 20.2 Å². The highest BCUT2D eigenvalue weighted by atomic mass is 32.2. The molecular weight excluding hydrogens is 420 g/mol. The Balaban J connectivity index is 1.64. The van der Waals surface area contributed by atoms with Crippen molar-refractivity contribution >= 4 is 15.9 Å². The summed E-state index contributed by atoms with van der Waals surface area (Å²) < 4.78 is 28.5. The number of nitrogens with one attached hydrogen (secondary N) is 1. The molecule has 0 saturated carbocycles. The minimum absolute atomic E-state index is 0.0183. The van der Waals surface area contributed by atoms with Gasteiger partial charge >= 0.3 is 0 Å². The van der Waals surface area contributed by atoms with Crippen LogP contribution in [0.1, 0.15) is 54.5 Å². The molecule has 0 bridgehead atoms. The maximum absolute atomic E-state index is 13.4. The number of benzene rings is 2. The predicted octanol–water partition coefficient (Wildman–Crippen LogP) is 4.41. The van der Waals surface area contributed by atoms with Gasteiger partial charge in [0.25, 0.3) is 0 Å². The highest BCUT2D eigenvalue weighted by molar-refractivity contribution is 7.89. The van der Waals surface area contributed by atoms with Crippen LogP contribution in [0.2, 0.25) is 0 Å². The smallest absolute Gasteiger partial charge is 0.243 e. The molecule has 174 valence electrons. The number of hydrogen-bond acceptors (Lipinski definition) is 3. The first kappa shape index (κ1) is 24.5. The van der Waals surface area contributed by atoms with Crippen molar-refractivity contribution in [3.8, 4) is 0 Å². The molecule has 5 nitrogen and oxygen atoms in total. The molecule has 0 aromatic heterocycles. The summed E-state index contributed by atoms with van der Waals surface area (Å²) in [5.74, 6) is -0.140. The monoisotopic (exact) mass is 456 g/mol. The first-order valence-corrected chi connectivity index (χ1v) is 12.8. The topological polar surface area (TPSA) is 66.5 Å². The Morgan fingerprint density at radius 1 is 1.00 bits per heavy atom. The third kappa shape index (κ3) is 4.91. The van der Waals surface area contributed by atoms with E-state index in [1.54, 1.807) is 4.31 Å². The Bertz CT molecular complexity index is 1060. The van der Waals surface area contributed by atoms with Crippen LogP contribution in [0, 0.1) is 33.6 Å². The summed E-state index contributed by atoms with van der Waals surface area (Å²) in [5, 5.41) is 3.10. The molecule has 32 heavy (non-hydrogen) atoms. The summed E-state index contributed by atoms with van der Waals surface area (Å²) >= 11 is 0. The van der Waals surface area contributed by atoms with Crippen LogP contribution in [0.25, 0.3) is 0 Å². The van der Waals surface area contributed by atoms with Crippen LogP contribution in [-0.4, -0.2) is 38.3 Å². The Morgan fingerprint density at radius 2 is 1.53 bits per heavy atom. The van der Waals surface area contributed by atoms with Crippen molar-refractivity contribution in [3.63, 3.8) is 0 Å². The molecule has 0 atom stereocenters. The average molecular weight is 457 g/mol. The molecule has 0 radical (unpaired) electrons. The van der Waals surface area contributed by atoms with E-state index in [0.717, 1.165) is 22.3 Å². The van der Waals surface area contributed by atoms with E-state index in [2.05, 4.69) is 31.3 Å². The number of piperidine rings is 1. The summed E-state index contributed by atoms with van der Waals surface area (Å²) in [6, 6.07) is 12.2. The molecule has 6 heteroatoms. The molecule has 2 aromatic carbocycles. The van der Waals surface area contributed by atoms with E-state index in [0.29, 0.717) is 37.4 Å². The number of sulfonamides is 1. The molecule has 1 N–H and O–H groups in total. The van der Waals surface area contributed by atoms with Gasteiger partial charge in [0.05, 0.1) is 4.90 Å². The molecule has 0 unspecified atom stereocenters. The van der Waals surface area contributed by atoms with Gasteiger partial charge in [0.15, 0.2) is 0 Å². The third-order valence-corrected chi connectivity index (χ3v) is 9.15. The van der Waals surface area contributed by atoms with Crippen LogP contribution in [0.5, 0.6) is 0 Å². The largest absolute Gasteiger partial charge is 0.355 e. The second kappa shape index (κ2) is 9.36. The van der Waals surface area contributed by atoms with Gasteiger partial charge in [0.1, 0.15) is 0 Å². The molecule has 1 heterocycles. The van der Waals surface area contributed by atoms with Crippen molar-refractivity contribution < 1.29 is 13.2 Å². The van der Waals surface area contributed by atoms with E-state index >= 15 is 0 Å². The van der Waals surface area contributed by atoms with Gasteiger partial charge in [-0.2, -0.15) is 4.31 Å². The fraction of sp³-hybridized carbons (Fsp3) is 0.500. The maximum atomic E-state index is 13.4. The number of amides is 1. The Labute approximate surface area is 193 Å². The van der Waals surface area contributed by atoms with E-state index < -0.39 is 10.0 Å². The Kier molecular flexibility index (Phi) is 7.15. The maximum Gasteiger partial charge on any atom is 0.243 e. The Morgan fingerprint density at radius 3 is 2.06 bits per heavy atom. The van der Waals surface area contributed by atoms with Crippen LogP contribution >= 0.6 is 0 Å². The summed E-state index contributed by atoms with van der Waals surface area (Å²) in [5.41, 5.74) is 4.62. The molecule has 0 spiro atoms. The number of carbonyl (C=O) groups excluding carboxylic acids is 1. The zero-order valence-electron chi connectivity index (χ0n) is 20.2. The highest BCUT2D eigenvalue weighted by Crippen LogP contribution is 2.31.